The van der Waals surface area contributed by atoms with Gasteiger partial charge in [0.1, 0.15) is 5.82 Å². The van der Waals surface area contributed by atoms with E-state index in [2.05, 4.69) is 11.0 Å². The summed E-state index contributed by atoms with van der Waals surface area (Å²) >= 11 is 0. The average molecular weight is 334 g/mol. The number of aliphatic hydroxyl groups excluding tert-OH is 1. The Kier molecular flexibility index (Phi) is 5.21. The van der Waals surface area contributed by atoms with Crippen LogP contribution in [-0.4, -0.2) is 53.6 Å². The highest BCUT2D eigenvalue weighted by Gasteiger charge is 2.40. The molecule has 1 N–H and O–H groups in total. The number of carbonyl (C=O) groups is 1. The number of amides is 1. The summed E-state index contributed by atoms with van der Waals surface area (Å²) < 4.78 is 13.5. The molecule has 1 aromatic rings. The average Bonchev–Trinajstić information content (AvgIpc) is 2.53. The molecule has 24 heavy (non-hydrogen) atoms. The summed E-state index contributed by atoms with van der Waals surface area (Å²) in [7, 11) is 0. The quantitative estimate of drug-likeness (QED) is 0.919. The van der Waals surface area contributed by atoms with E-state index < -0.39 is 0 Å². The number of aryl methyl sites for hydroxylation is 1. The minimum Gasteiger partial charge on any atom is -0.395 e. The normalized spacial score (nSPS) is 21.5. The van der Waals surface area contributed by atoms with Crippen LogP contribution in [0.1, 0.15) is 36.8 Å². The lowest BCUT2D eigenvalue weighted by Gasteiger charge is -2.47. The third-order valence-corrected chi connectivity index (χ3v) is 5.54. The van der Waals surface area contributed by atoms with Gasteiger partial charge in [0, 0.05) is 26.1 Å². The maximum absolute atomic E-state index is 13.5. The molecule has 3 rings (SSSR count). The second kappa shape index (κ2) is 7.19. The second-order valence-corrected chi connectivity index (χ2v) is 7.45. The zero-order valence-corrected chi connectivity index (χ0v) is 14.4. The maximum Gasteiger partial charge on any atom is 0.222 e. The summed E-state index contributed by atoms with van der Waals surface area (Å²) in [6.45, 7) is 5.94. The fraction of sp³-hybridized carbons (Fsp3) is 0.632. The SMILES string of the molecule is Cc1cc(F)cc(CN2CCC3(CCC(=O)N(CCO)C3)CC2)c1. The van der Waals surface area contributed by atoms with Crippen molar-refractivity contribution in [3.63, 3.8) is 0 Å². The van der Waals surface area contributed by atoms with Gasteiger partial charge < -0.3 is 10.0 Å². The Morgan fingerprint density at radius 1 is 1.21 bits per heavy atom. The molecule has 0 saturated carbocycles. The summed E-state index contributed by atoms with van der Waals surface area (Å²) in [6.07, 6.45) is 3.69. The van der Waals surface area contributed by atoms with E-state index in [1.165, 1.54) is 0 Å². The van der Waals surface area contributed by atoms with Gasteiger partial charge in [-0.15, -0.1) is 0 Å². The molecule has 4 nitrogen and oxygen atoms in total. The minimum absolute atomic E-state index is 0.0346. The van der Waals surface area contributed by atoms with Gasteiger partial charge in [0.2, 0.25) is 5.91 Å². The summed E-state index contributed by atoms with van der Waals surface area (Å²) in [6, 6.07) is 5.23. The molecule has 1 amide bonds. The highest BCUT2D eigenvalue weighted by Crippen LogP contribution is 2.40. The number of hydrogen-bond acceptors (Lipinski definition) is 3. The molecular weight excluding hydrogens is 307 g/mol. The van der Waals surface area contributed by atoms with Crippen molar-refractivity contribution in [2.75, 3.05) is 32.8 Å². The van der Waals surface area contributed by atoms with Crippen LogP contribution in [0.3, 0.4) is 0 Å². The number of carbonyl (C=O) groups excluding carboxylic acids is 1. The third kappa shape index (κ3) is 3.95. The number of likely N-dealkylation sites (tertiary alicyclic amines) is 2. The Morgan fingerprint density at radius 2 is 1.96 bits per heavy atom. The Balaban J connectivity index is 1.58. The van der Waals surface area contributed by atoms with Crippen molar-refractivity contribution in [1.29, 1.82) is 0 Å². The molecule has 132 valence electrons. The summed E-state index contributed by atoms with van der Waals surface area (Å²) in [4.78, 5) is 16.2. The van der Waals surface area contributed by atoms with Crippen LogP contribution >= 0.6 is 0 Å². The van der Waals surface area contributed by atoms with Gasteiger partial charge in [0.25, 0.3) is 0 Å². The number of aliphatic hydroxyl groups is 1. The van der Waals surface area contributed by atoms with Crippen molar-refractivity contribution in [1.82, 2.24) is 9.80 Å². The number of piperidine rings is 2. The van der Waals surface area contributed by atoms with Crippen molar-refractivity contribution in [3.05, 3.63) is 35.1 Å². The highest BCUT2D eigenvalue weighted by atomic mass is 19.1. The Bertz CT molecular complexity index is 577. The fourth-order valence-electron chi connectivity index (χ4n) is 4.18. The molecule has 2 heterocycles. The van der Waals surface area contributed by atoms with E-state index >= 15 is 0 Å². The maximum atomic E-state index is 13.5. The first-order valence-electron chi connectivity index (χ1n) is 8.87. The first-order chi connectivity index (χ1) is 11.5. The van der Waals surface area contributed by atoms with Crippen molar-refractivity contribution in [3.8, 4) is 0 Å². The van der Waals surface area contributed by atoms with Crippen molar-refractivity contribution < 1.29 is 14.3 Å². The largest absolute Gasteiger partial charge is 0.395 e. The van der Waals surface area contributed by atoms with Gasteiger partial charge in [-0.1, -0.05) is 6.07 Å². The van der Waals surface area contributed by atoms with Crippen LogP contribution in [-0.2, 0) is 11.3 Å². The molecule has 0 atom stereocenters. The predicted molar refractivity (Wildman–Crippen MR) is 91.0 cm³/mol. The first-order valence-corrected chi connectivity index (χ1v) is 8.87. The van der Waals surface area contributed by atoms with Crippen molar-refractivity contribution in [2.45, 2.75) is 39.2 Å². The van der Waals surface area contributed by atoms with Gasteiger partial charge in [-0.2, -0.15) is 0 Å². The lowest BCUT2D eigenvalue weighted by molar-refractivity contribution is -0.139. The zero-order valence-electron chi connectivity index (χ0n) is 14.4. The number of nitrogens with zero attached hydrogens (tertiary/aromatic N) is 2. The molecule has 0 unspecified atom stereocenters. The Labute approximate surface area is 143 Å². The molecular formula is C19H27FN2O2. The van der Waals surface area contributed by atoms with Crippen LogP contribution in [0.25, 0.3) is 0 Å². The van der Waals surface area contributed by atoms with E-state index in [0.29, 0.717) is 13.0 Å². The van der Waals surface area contributed by atoms with Crippen LogP contribution in [0.15, 0.2) is 18.2 Å². The highest BCUT2D eigenvalue weighted by molar-refractivity contribution is 5.77. The number of rotatable bonds is 4. The summed E-state index contributed by atoms with van der Waals surface area (Å²) in [5.74, 6) is 0.0104. The molecule has 0 radical (unpaired) electrons. The van der Waals surface area contributed by atoms with Gasteiger partial charge in [0.05, 0.1) is 6.61 Å². The smallest absolute Gasteiger partial charge is 0.222 e. The molecule has 1 aromatic carbocycles. The molecule has 2 fully saturated rings. The zero-order chi connectivity index (χ0) is 17.2. The van der Waals surface area contributed by atoms with E-state index in [-0.39, 0.29) is 23.7 Å². The van der Waals surface area contributed by atoms with Crippen LogP contribution in [0, 0.1) is 18.2 Å². The van der Waals surface area contributed by atoms with Crippen molar-refractivity contribution in [2.24, 2.45) is 5.41 Å². The van der Waals surface area contributed by atoms with Crippen molar-refractivity contribution >= 4 is 5.91 Å². The third-order valence-electron chi connectivity index (χ3n) is 5.54. The van der Waals surface area contributed by atoms with Crippen LogP contribution in [0.5, 0.6) is 0 Å². The topological polar surface area (TPSA) is 43.8 Å². The lowest BCUT2D eigenvalue weighted by Crippen LogP contribution is -2.51. The monoisotopic (exact) mass is 334 g/mol. The molecule has 2 saturated heterocycles. The summed E-state index contributed by atoms with van der Waals surface area (Å²) in [5.41, 5.74) is 2.20. The van der Waals surface area contributed by atoms with Gasteiger partial charge in [0.15, 0.2) is 0 Å². The molecule has 0 bridgehead atoms. The summed E-state index contributed by atoms with van der Waals surface area (Å²) in [5, 5.41) is 9.14. The van der Waals surface area contributed by atoms with Crippen LogP contribution in [0.2, 0.25) is 0 Å². The number of benzene rings is 1. The number of halogens is 1. The fourth-order valence-corrected chi connectivity index (χ4v) is 4.18. The molecule has 2 aliphatic heterocycles. The number of hydrogen-bond donors (Lipinski definition) is 1. The van der Waals surface area contributed by atoms with Crippen LogP contribution < -0.4 is 0 Å². The Morgan fingerprint density at radius 3 is 2.62 bits per heavy atom. The predicted octanol–water partition coefficient (Wildman–Crippen LogP) is 2.33. The standard InChI is InChI=1S/C19H27FN2O2/c1-15-10-16(12-17(20)11-15)13-21-6-4-19(5-7-21)3-2-18(24)22(14-19)8-9-23/h10-12,23H,2-9,13-14H2,1H3. The Hall–Kier alpha value is -1.46. The van der Waals surface area contributed by atoms with E-state index in [4.69, 9.17) is 5.11 Å². The van der Waals surface area contributed by atoms with Gasteiger partial charge in [-0.25, -0.2) is 4.39 Å². The molecule has 2 aliphatic rings. The van der Waals surface area contributed by atoms with Gasteiger partial charge in [-0.05, 0) is 68.0 Å². The van der Waals surface area contributed by atoms with Gasteiger partial charge in [-0.3, -0.25) is 9.69 Å². The van der Waals surface area contributed by atoms with Gasteiger partial charge >= 0.3 is 0 Å². The minimum atomic E-state index is -0.163. The second-order valence-electron chi connectivity index (χ2n) is 7.45. The molecule has 0 aromatic heterocycles. The molecule has 1 spiro atoms. The number of β-amino-alcohol motifs (C(OH)–C–C–N with tert-alkyl or cyclic N) is 1. The molecule has 5 heteroatoms. The lowest BCUT2D eigenvalue weighted by atomic mass is 9.72. The van der Waals surface area contributed by atoms with E-state index in [1.54, 1.807) is 12.1 Å². The first kappa shape index (κ1) is 17.4. The van der Waals surface area contributed by atoms with E-state index in [1.807, 2.05) is 11.8 Å². The molecule has 0 aliphatic carbocycles. The van der Waals surface area contributed by atoms with E-state index in [0.717, 1.165) is 56.6 Å². The van der Waals surface area contributed by atoms with Crippen LogP contribution in [0.4, 0.5) is 4.39 Å². The van der Waals surface area contributed by atoms with E-state index in [9.17, 15) is 9.18 Å².